The van der Waals surface area contributed by atoms with Gasteiger partial charge >= 0.3 is 0 Å². The monoisotopic (exact) mass is 445 g/mol. The summed E-state index contributed by atoms with van der Waals surface area (Å²) in [5.41, 5.74) is 0. The Morgan fingerprint density at radius 1 is 1.29 bits per heavy atom. The Morgan fingerprint density at radius 3 is 2.67 bits per heavy atom. The van der Waals surface area contributed by atoms with Gasteiger partial charge in [0.2, 0.25) is 0 Å². The van der Waals surface area contributed by atoms with Gasteiger partial charge in [0.25, 0.3) is 0 Å². The third kappa shape index (κ3) is 10.3. The van der Waals surface area contributed by atoms with Crippen molar-refractivity contribution in [1.82, 2.24) is 10.6 Å². The second kappa shape index (κ2) is 13.6. The van der Waals surface area contributed by atoms with Gasteiger partial charge in [0, 0.05) is 38.2 Å². The summed E-state index contributed by atoms with van der Waals surface area (Å²) in [6.07, 6.45) is 3.12. The van der Waals surface area contributed by atoms with Gasteiger partial charge in [0.05, 0.1) is 4.34 Å². The molecule has 122 valence electrons. The molecule has 0 unspecified atom stereocenters. The molecule has 2 N–H and O–H groups in total. The van der Waals surface area contributed by atoms with Crippen LogP contribution >= 0.6 is 46.9 Å². The van der Waals surface area contributed by atoms with Crippen LogP contribution in [0.5, 0.6) is 0 Å². The molecule has 0 amide bonds. The molecule has 0 fully saturated rings. The van der Waals surface area contributed by atoms with Crippen LogP contribution in [0.25, 0.3) is 0 Å². The zero-order valence-electron chi connectivity index (χ0n) is 12.7. The lowest BCUT2D eigenvalue weighted by atomic mass is 10.3. The number of halogens is 2. The van der Waals surface area contributed by atoms with Gasteiger partial charge in [-0.05, 0) is 38.3 Å². The quantitative estimate of drug-likeness (QED) is 0.264. The predicted octanol–water partition coefficient (Wildman–Crippen LogP) is 3.54. The standard InChI is InChI=1S/C14H24ClN3OS.HI/c1-3-19-11-5-4-9-17-14(16-2)18-10-8-12-6-7-13(15)20-12;/h6-7H,3-5,8-11H2,1-2H3,(H2,16,17,18);1H. The first-order valence-electron chi connectivity index (χ1n) is 7.02. The van der Waals surface area contributed by atoms with E-state index in [-0.39, 0.29) is 24.0 Å². The topological polar surface area (TPSA) is 45.6 Å². The molecule has 1 aromatic rings. The first-order chi connectivity index (χ1) is 9.76. The molecule has 0 radical (unpaired) electrons. The molecule has 0 atom stereocenters. The van der Waals surface area contributed by atoms with Crippen molar-refractivity contribution in [2.75, 3.05) is 33.4 Å². The van der Waals surface area contributed by atoms with Crippen LogP contribution < -0.4 is 10.6 Å². The van der Waals surface area contributed by atoms with E-state index in [0.29, 0.717) is 0 Å². The Morgan fingerprint density at radius 2 is 2.05 bits per heavy atom. The van der Waals surface area contributed by atoms with Crippen LogP contribution in [0.1, 0.15) is 24.6 Å². The Labute approximate surface area is 153 Å². The van der Waals surface area contributed by atoms with E-state index in [9.17, 15) is 0 Å². The Bertz CT molecular complexity index is 401. The highest BCUT2D eigenvalue weighted by molar-refractivity contribution is 14.0. The number of aliphatic imine (C=N–C) groups is 1. The number of nitrogens with one attached hydrogen (secondary N) is 2. The van der Waals surface area contributed by atoms with Crippen LogP contribution in [0.15, 0.2) is 17.1 Å². The van der Waals surface area contributed by atoms with Crippen LogP contribution in [0.3, 0.4) is 0 Å². The summed E-state index contributed by atoms with van der Waals surface area (Å²) in [6.45, 7) is 5.42. The molecule has 7 heteroatoms. The lowest BCUT2D eigenvalue weighted by Crippen LogP contribution is -2.38. The molecular weight excluding hydrogens is 421 g/mol. The molecule has 1 rings (SSSR count). The average Bonchev–Trinajstić information content (AvgIpc) is 2.86. The van der Waals surface area contributed by atoms with Crippen LogP contribution in [0.2, 0.25) is 4.34 Å². The Kier molecular flexibility index (Phi) is 13.6. The summed E-state index contributed by atoms with van der Waals surface area (Å²) in [5.74, 6) is 0.851. The Balaban J connectivity index is 0.00000400. The summed E-state index contributed by atoms with van der Waals surface area (Å²) < 4.78 is 6.14. The summed E-state index contributed by atoms with van der Waals surface area (Å²) in [4.78, 5) is 5.49. The number of ether oxygens (including phenoxy) is 1. The van der Waals surface area contributed by atoms with Gasteiger partial charge in [0.15, 0.2) is 5.96 Å². The zero-order valence-corrected chi connectivity index (χ0v) is 16.6. The van der Waals surface area contributed by atoms with Crippen LogP contribution in [0.4, 0.5) is 0 Å². The van der Waals surface area contributed by atoms with Gasteiger partial charge in [-0.3, -0.25) is 4.99 Å². The fraction of sp³-hybridized carbons (Fsp3) is 0.643. The number of hydrogen-bond donors (Lipinski definition) is 2. The highest BCUT2D eigenvalue weighted by atomic mass is 127. The van der Waals surface area contributed by atoms with E-state index in [4.69, 9.17) is 16.3 Å². The van der Waals surface area contributed by atoms with Crippen LogP contribution in [-0.4, -0.2) is 39.3 Å². The lowest BCUT2D eigenvalue weighted by molar-refractivity contribution is 0.143. The van der Waals surface area contributed by atoms with E-state index in [1.54, 1.807) is 18.4 Å². The molecule has 0 aliphatic heterocycles. The lowest BCUT2D eigenvalue weighted by Gasteiger charge is -2.11. The third-order valence-electron chi connectivity index (χ3n) is 2.73. The van der Waals surface area contributed by atoms with Gasteiger partial charge in [-0.15, -0.1) is 35.3 Å². The van der Waals surface area contributed by atoms with Gasteiger partial charge < -0.3 is 15.4 Å². The molecule has 0 aromatic carbocycles. The normalized spacial score (nSPS) is 11.1. The first-order valence-corrected chi connectivity index (χ1v) is 8.22. The predicted molar refractivity (Wildman–Crippen MR) is 104 cm³/mol. The fourth-order valence-electron chi connectivity index (χ4n) is 1.69. The highest BCUT2D eigenvalue weighted by Gasteiger charge is 2.00. The summed E-state index contributed by atoms with van der Waals surface area (Å²) in [7, 11) is 1.79. The fourth-order valence-corrected chi connectivity index (χ4v) is 2.78. The number of rotatable bonds is 9. The molecule has 0 bridgehead atoms. The molecule has 1 heterocycles. The molecule has 1 aromatic heterocycles. The number of nitrogens with zero attached hydrogens (tertiary/aromatic N) is 1. The number of unbranched alkanes of at least 4 members (excludes halogenated alkanes) is 1. The Hall–Kier alpha value is -0.0500. The minimum absolute atomic E-state index is 0. The number of thiophene rings is 1. The molecule has 4 nitrogen and oxygen atoms in total. The van der Waals surface area contributed by atoms with E-state index < -0.39 is 0 Å². The second-order valence-corrected chi connectivity index (χ2v) is 6.09. The smallest absolute Gasteiger partial charge is 0.190 e. The molecule has 0 saturated carbocycles. The molecule has 0 aliphatic carbocycles. The van der Waals surface area contributed by atoms with E-state index in [1.807, 2.05) is 13.0 Å². The van der Waals surface area contributed by atoms with Crippen LogP contribution in [0, 0.1) is 0 Å². The van der Waals surface area contributed by atoms with E-state index in [0.717, 1.165) is 55.9 Å². The van der Waals surface area contributed by atoms with E-state index >= 15 is 0 Å². The molecule has 21 heavy (non-hydrogen) atoms. The minimum Gasteiger partial charge on any atom is -0.382 e. The number of guanidine groups is 1. The molecule has 0 spiro atoms. The molecule has 0 saturated heterocycles. The van der Waals surface area contributed by atoms with Crippen molar-refractivity contribution in [2.45, 2.75) is 26.2 Å². The van der Waals surface area contributed by atoms with Crippen molar-refractivity contribution in [3.8, 4) is 0 Å². The minimum atomic E-state index is 0. The summed E-state index contributed by atoms with van der Waals surface area (Å²) in [5, 5.41) is 6.60. The largest absolute Gasteiger partial charge is 0.382 e. The van der Waals surface area contributed by atoms with Crippen molar-refractivity contribution in [3.63, 3.8) is 0 Å². The third-order valence-corrected chi connectivity index (χ3v) is 4.02. The molecular formula is C14H25ClIN3OS. The molecule has 0 aliphatic rings. The van der Waals surface area contributed by atoms with E-state index in [1.165, 1.54) is 4.88 Å². The zero-order chi connectivity index (χ0) is 14.6. The first kappa shape index (κ1) is 20.9. The SMILES string of the molecule is CCOCCCCNC(=NC)NCCc1ccc(Cl)s1.I. The number of hydrogen-bond acceptors (Lipinski definition) is 3. The maximum atomic E-state index is 5.90. The summed E-state index contributed by atoms with van der Waals surface area (Å²) in [6, 6.07) is 4.01. The van der Waals surface area contributed by atoms with Crippen LogP contribution in [-0.2, 0) is 11.2 Å². The van der Waals surface area contributed by atoms with Crippen molar-refractivity contribution >= 4 is 52.9 Å². The van der Waals surface area contributed by atoms with Crippen molar-refractivity contribution < 1.29 is 4.74 Å². The average molecular weight is 446 g/mol. The maximum absolute atomic E-state index is 5.90. The second-order valence-electron chi connectivity index (χ2n) is 4.29. The van der Waals surface area contributed by atoms with Gasteiger partial charge in [-0.1, -0.05) is 11.6 Å². The summed E-state index contributed by atoms with van der Waals surface area (Å²) >= 11 is 7.53. The van der Waals surface area contributed by atoms with Gasteiger partial charge in [-0.2, -0.15) is 0 Å². The van der Waals surface area contributed by atoms with Crippen molar-refractivity contribution in [2.24, 2.45) is 4.99 Å². The maximum Gasteiger partial charge on any atom is 0.190 e. The van der Waals surface area contributed by atoms with Gasteiger partial charge in [0.1, 0.15) is 0 Å². The highest BCUT2D eigenvalue weighted by Crippen LogP contribution is 2.21. The van der Waals surface area contributed by atoms with Crippen molar-refractivity contribution in [3.05, 3.63) is 21.3 Å². The van der Waals surface area contributed by atoms with Crippen molar-refractivity contribution in [1.29, 1.82) is 0 Å². The van der Waals surface area contributed by atoms with Gasteiger partial charge in [-0.25, -0.2) is 0 Å². The van der Waals surface area contributed by atoms with E-state index in [2.05, 4.69) is 21.7 Å².